The number of halogens is 4. The molecule has 0 N–H and O–H groups in total. The molecule has 0 bridgehead atoms. The summed E-state index contributed by atoms with van der Waals surface area (Å²) in [7, 11) is 1.56. The number of anilines is 1. The Labute approximate surface area is 233 Å². The number of amides is 1. The first-order valence-electron chi connectivity index (χ1n) is 9.74. The van der Waals surface area contributed by atoms with E-state index in [0.717, 1.165) is 15.6 Å². The molecule has 0 unspecified atom stereocenters. The van der Waals surface area contributed by atoms with Crippen molar-refractivity contribution in [3.63, 3.8) is 0 Å². The maximum absolute atomic E-state index is 13.1. The van der Waals surface area contributed by atoms with Crippen LogP contribution in [0.25, 0.3) is 6.08 Å². The van der Waals surface area contributed by atoms with Crippen LogP contribution in [-0.4, -0.2) is 17.3 Å². The average molecular weight is 660 g/mol. The van der Waals surface area contributed by atoms with Crippen LogP contribution in [-0.2, 0) is 11.4 Å². The third kappa shape index (κ3) is 5.64. The van der Waals surface area contributed by atoms with Crippen molar-refractivity contribution in [1.82, 2.24) is 0 Å². The van der Waals surface area contributed by atoms with Gasteiger partial charge >= 0.3 is 0 Å². The number of nitrogens with zero attached hydrogens (tertiary/aromatic N) is 1. The molecule has 4 rings (SSSR count). The number of carbonyl (C=O) groups excluding carboxylic acids is 1. The number of methoxy groups -OCH3 is 1. The van der Waals surface area contributed by atoms with E-state index in [4.69, 9.17) is 44.9 Å². The van der Waals surface area contributed by atoms with Crippen LogP contribution in [0.3, 0.4) is 0 Å². The molecule has 0 aliphatic carbocycles. The van der Waals surface area contributed by atoms with E-state index in [2.05, 4.69) is 31.9 Å². The number of carbonyl (C=O) groups is 1. The van der Waals surface area contributed by atoms with Crippen molar-refractivity contribution in [3.05, 3.63) is 89.6 Å². The Balaban J connectivity index is 1.59. The highest BCUT2D eigenvalue weighted by molar-refractivity contribution is 9.10. The van der Waals surface area contributed by atoms with Crippen molar-refractivity contribution >= 4 is 101 Å². The van der Waals surface area contributed by atoms with Gasteiger partial charge in [-0.25, -0.2) is 0 Å². The van der Waals surface area contributed by atoms with E-state index in [1.165, 1.54) is 16.7 Å². The highest BCUT2D eigenvalue weighted by Crippen LogP contribution is 2.41. The minimum absolute atomic E-state index is 0.180. The number of thiocarbonyl (C=S) groups is 1. The van der Waals surface area contributed by atoms with Crippen molar-refractivity contribution in [2.24, 2.45) is 0 Å². The first-order valence-corrected chi connectivity index (χ1v) is 13.3. The molecule has 1 aliphatic rings. The van der Waals surface area contributed by atoms with Gasteiger partial charge in [0.25, 0.3) is 5.91 Å². The van der Waals surface area contributed by atoms with Gasteiger partial charge in [-0.3, -0.25) is 9.69 Å². The Bertz CT molecular complexity index is 1330. The molecule has 1 amide bonds. The summed E-state index contributed by atoms with van der Waals surface area (Å²) in [6.45, 7) is 0.232. The van der Waals surface area contributed by atoms with E-state index in [1.807, 2.05) is 36.4 Å². The van der Waals surface area contributed by atoms with Gasteiger partial charge in [-0.15, -0.1) is 0 Å². The standard InChI is InChI=1S/C24H15Br2Cl2NO3S2/c1-31-20-8-13(7-18(26)22(20)32-12-14-5-6-16(27)11-19(14)28)9-21-23(30)29(24(33)34-21)17-4-2-3-15(25)10-17/h2-11H,12H2,1H3/b21-9+. The minimum atomic E-state index is -0.180. The van der Waals surface area contributed by atoms with E-state index in [9.17, 15) is 4.79 Å². The fraction of sp³-hybridized carbons (Fsp3) is 0.0833. The van der Waals surface area contributed by atoms with Gasteiger partial charge < -0.3 is 9.47 Å². The molecule has 3 aromatic carbocycles. The predicted octanol–water partition coefficient (Wildman–Crippen LogP) is 8.51. The van der Waals surface area contributed by atoms with Crippen molar-refractivity contribution in [3.8, 4) is 11.5 Å². The molecule has 174 valence electrons. The maximum atomic E-state index is 13.1. The molecule has 0 aromatic heterocycles. The summed E-state index contributed by atoms with van der Waals surface area (Å²) in [5.41, 5.74) is 2.26. The summed E-state index contributed by atoms with van der Waals surface area (Å²) >= 11 is 25.9. The highest BCUT2D eigenvalue weighted by atomic mass is 79.9. The zero-order valence-corrected chi connectivity index (χ0v) is 23.8. The molecular formula is C24H15Br2Cl2NO3S2. The summed E-state index contributed by atoms with van der Waals surface area (Å²) in [5.74, 6) is 0.849. The normalized spacial score (nSPS) is 14.7. The van der Waals surface area contributed by atoms with Crippen molar-refractivity contribution in [2.45, 2.75) is 6.61 Å². The molecule has 10 heteroatoms. The van der Waals surface area contributed by atoms with E-state index < -0.39 is 0 Å². The predicted molar refractivity (Wildman–Crippen MR) is 151 cm³/mol. The Morgan fingerprint density at radius 1 is 1.12 bits per heavy atom. The number of thioether (sulfide) groups is 1. The zero-order valence-electron chi connectivity index (χ0n) is 17.5. The highest BCUT2D eigenvalue weighted by Gasteiger charge is 2.33. The first-order chi connectivity index (χ1) is 16.3. The fourth-order valence-corrected chi connectivity index (χ4v) is 5.93. The zero-order chi connectivity index (χ0) is 24.4. The van der Waals surface area contributed by atoms with Crippen LogP contribution in [0.4, 0.5) is 5.69 Å². The van der Waals surface area contributed by atoms with Crippen LogP contribution in [0.1, 0.15) is 11.1 Å². The topological polar surface area (TPSA) is 38.8 Å². The van der Waals surface area contributed by atoms with Gasteiger partial charge in [0.1, 0.15) is 6.61 Å². The number of ether oxygens (including phenoxy) is 2. The minimum Gasteiger partial charge on any atom is -0.493 e. The molecule has 3 aromatic rings. The lowest BCUT2D eigenvalue weighted by atomic mass is 10.1. The third-order valence-electron chi connectivity index (χ3n) is 4.80. The quantitative estimate of drug-likeness (QED) is 0.196. The number of hydrogen-bond acceptors (Lipinski definition) is 5. The molecule has 34 heavy (non-hydrogen) atoms. The Kier molecular flexibility index (Phi) is 8.28. The third-order valence-corrected chi connectivity index (χ3v) is 7.77. The Morgan fingerprint density at radius 2 is 1.91 bits per heavy atom. The van der Waals surface area contributed by atoms with Crippen molar-refractivity contribution in [1.29, 1.82) is 0 Å². The van der Waals surface area contributed by atoms with E-state index >= 15 is 0 Å². The molecular weight excluding hydrogens is 645 g/mol. The smallest absolute Gasteiger partial charge is 0.270 e. The molecule has 0 radical (unpaired) electrons. The molecule has 1 saturated heterocycles. The van der Waals surface area contributed by atoms with Gasteiger partial charge in [0.05, 0.1) is 22.2 Å². The lowest BCUT2D eigenvalue weighted by Gasteiger charge is -2.15. The van der Waals surface area contributed by atoms with Gasteiger partial charge in [-0.2, -0.15) is 0 Å². The molecule has 0 spiro atoms. The molecule has 0 saturated carbocycles. The first kappa shape index (κ1) is 25.5. The van der Waals surface area contributed by atoms with E-state index in [0.29, 0.717) is 40.9 Å². The summed E-state index contributed by atoms with van der Waals surface area (Å²) in [6, 6.07) is 16.3. The molecule has 4 nitrogen and oxygen atoms in total. The maximum Gasteiger partial charge on any atom is 0.270 e. The lowest BCUT2D eigenvalue weighted by Crippen LogP contribution is -2.27. The number of rotatable bonds is 6. The molecule has 1 fully saturated rings. The van der Waals surface area contributed by atoms with E-state index in [1.54, 1.807) is 31.4 Å². The van der Waals surface area contributed by atoms with Crippen molar-refractivity contribution < 1.29 is 14.3 Å². The van der Waals surface area contributed by atoms with Crippen LogP contribution in [0.15, 0.2) is 68.4 Å². The van der Waals surface area contributed by atoms with Gasteiger partial charge in [0, 0.05) is 20.1 Å². The average Bonchev–Trinajstić information content (AvgIpc) is 3.06. The second kappa shape index (κ2) is 11.0. The Hall–Kier alpha value is -1.55. The van der Waals surface area contributed by atoms with Crippen LogP contribution in [0, 0.1) is 0 Å². The van der Waals surface area contributed by atoms with Gasteiger partial charge in [0.15, 0.2) is 15.8 Å². The van der Waals surface area contributed by atoms with Crippen molar-refractivity contribution in [2.75, 3.05) is 12.0 Å². The second-order valence-corrected chi connectivity index (χ2v) is 11.3. The Morgan fingerprint density at radius 3 is 2.62 bits per heavy atom. The van der Waals surface area contributed by atoms with E-state index in [-0.39, 0.29) is 12.5 Å². The number of benzene rings is 3. The largest absolute Gasteiger partial charge is 0.493 e. The van der Waals surface area contributed by atoms with Crippen LogP contribution >= 0.6 is 79.0 Å². The van der Waals surface area contributed by atoms with Gasteiger partial charge in [-0.1, -0.05) is 75.2 Å². The monoisotopic (exact) mass is 657 g/mol. The van der Waals surface area contributed by atoms with Gasteiger partial charge in [-0.05, 0) is 70.0 Å². The fourth-order valence-electron chi connectivity index (χ4n) is 3.21. The molecule has 0 atom stereocenters. The van der Waals surface area contributed by atoms with Gasteiger partial charge in [0.2, 0.25) is 0 Å². The van der Waals surface area contributed by atoms with Crippen LogP contribution in [0.2, 0.25) is 10.0 Å². The molecule has 1 heterocycles. The summed E-state index contributed by atoms with van der Waals surface area (Å²) < 4.78 is 13.6. The summed E-state index contributed by atoms with van der Waals surface area (Å²) in [6.07, 6.45) is 1.78. The van der Waals surface area contributed by atoms with Crippen LogP contribution < -0.4 is 14.4 Å². The van der Waals surface area contributed by atoms with Crippen LogP contribution in [0.5, 0.6) is 11.5 Å². The summed E-state index contributed by atoms with van der Waals surface area (Å²) in [5, 5.41) is 1.08. The summed E-state index contributed by atoms with van der Waals surface area (Å²) in [4.78, 5) is 15.1. The molecule has 1 aliphatic heterocycles. The lowest BCUT2D eigenvalue weighted by molar-refractivity contribution is -0.113. The SMILES string of the molecule is COc1cc(/C=C2/SC(=S)N(c3cccc(Br)c3)C2=O)cc(Br)c1OCc1ccc(Cl)cc1Cl. The second-order valence-electron chi connectivity index (χ2n) is 7.06. The number of hydrogen-bond donors (Lipinski definition) is 0.